The Hall–Kier alpha value is -2.60. The highest BCUT2D eigenvalue weighted by atomic mass is 35.5. The molecular weight excluding hydrogens is 374 g/mol. The van der Waals surface area contributed by atoms with Crippen LogP contribution in [0.3, 0.4) is 0 Å². The Morgan fingerprint density at radius 3 is 2.89 bits per heavy atom. The van der Waals surface area contributed by atoms with Crippen LogP contribution in [-0.4, -0.2) is 38.6 Å². The second-order valence-electron chi connectivity index (χ2n) is 7.62. The lowest BCUT2D eigenvalue weighted by atomic mass is 10.1. The van der Waals surface area contributed by atoms with Crippen LogP contribution in [0.25, 0.3) is 11.0 Å². The number of benzene rings is 1. The third-order valence-corrected chi connectivity index (χ3v) is 5.54. The van der Waals surface area contributed by atoms with Crippen molar-refractivity contribution in [3.05, 3.63) is 53.1 Å². The molecule has 1 N–H and O–H groups in total. The van der Waals surface area contributed by atoms with Crippen molar-refractivity contribution in [2.75, 3.05) is 18.4 Å². The van der Waals surface area contributed by atoms with E-state index >= 15 is 0 Å². The van der Waals surface area contributed by atoms with Crippen LogP contribution >= 0.6 is 11.6 Å². The van der Waals surface area contributed by atoms with E-state index in [0.717, 1.165) is 34.5 Å². The normalized spacial score (nSPS) is 16.9. The maximum absolute atomic E-state index is 12.8. The third kappa shape index (κ3) is 3.44. The second kappa shape index (κ2) is 7.43. The summed E-state index contributed by atoms with van der Waals surface area (Å²) < 4.78 is 2.25. The van der Waals surface area contributed by atoms with Gasteiger partial charge in [-0.3, -0.25) is 4.98 Å². The average Bonchev–Trinajstić information content (AvgIpc) is 3.28. The van der Waals surface area contributed by atoms with Gasteiger partial charge in [-0.25, -0.2) is 9.78 Å². The topological polar surface area (TPSA) is 63.1 Å². The number of rotatable bonds is 3. The van der Waals surface area contributed by atoms with Gasteiger partial charge in [0.25, 0.3) is 0 Å². The van der Waals surface area contributed by atoms with Crippen molar-refractivity contribution < 1.29 is 4.79 Å². The first-order valence-electron chi connectivity index (χ1n) is 9.58. The van der Waals surface area contributed by atoms with Gasteiger partial charge in [-0.1, -0.05) is 11.6 Å². The van der Waals surface area contributed by atoms with Crippen LogP contribution in [0.4, 0.5) is 10.5 Å². The SMILES string of the molecule is Cc1cc(Cl)ccc1NC(=O)N1CC[C@H](c2nc3ccncc3n2C(C)C)C1. The Labute approximate surface area is 169 Å². The van der Waals surface area contributed by atoms with E-state index in [2.05, 4.69) is 28.7 Å². The van der Waals surface area contributed by atoms with E-state index in [9.17, 15) is 4.79 Å². The van der Waals surface area contributed by atoms with Gasteiger partial charge in [0.2, 0.25) is 0 Å². The minimum atomic E-state index is -0.0817. The van der Waals surface area contributed by atoms with Crippen molar-refractivity contribution in [1.29, 1.82) is 0 Å². The van der Waals surface area contributed by atoms with E-state index in [0.29, 0.717) is 18.1 Å². The number of pyridine rings is 1. The summed E-state index contributed by atoms with van der Waals surface area (Å²) in [5.74, 6) is 1.25. The van der Waals surface area contributed by atoms with E-state index in [1.165, 1.54) is 0 Å². The van der Waals surface area contributed by atoms with Gasteiger partial charge in [0.05, 0.1) is 17.2 Å². The molecule has 1 fully saturated rings. The van der Waals surface area contributed by atoms with Gasteiger partial charge in [0, 0.05) is 42.0 Å². The number of aryl methyl sites for hydroxylation is 1. The van der Waals surface area contributed by atoms with Crippen molar-refractivity contribution in [2.24, 2.45) is 0 Å². The molecule has 0 bridgehead atoms. The predicted molar refractivity (Wildman–Crippen MR) is 112 cm³/mol. The monoisotopic (exact) mass is 397 g/mol. The molecule has 1 atom stereocenters. The first-order chi connectivity index (χ1) is 13.4. The zero-order valence-electron chi connectivity index (χ0n) is 16.3. The number of imidazole rings is 1. The Morgan fingerprint density at radius 2 is 2.14 bits per heavy atom. The molecular formula is C21H24ClN5O. The molecule has 0 radical (unpaired) electrons. The summed E-state index contributed by atoms with van der Waals surface area (Å²) >= 11 is 6.00. The number of aromatic nitrogens is 3. The summed E-state index contributed by atoms with van der Waals surface area (Å²) in [6.45, 7) is 7.61. The van der Waals surface area contributed by atoms with Gasteiger partial charge >= 0.3 is 6.03 Å². The van der Waals surface area contributed by atoms with Crippen molar-refractivity contribution in [2.45, 2.75) is 39.2 Å². The van der Waals surface area contributed by atoms with Crippen molar-refractivity contribution in [1.82, 2.24) is 19.4 Å². The maximum atomic E-state index is 12.8. The Kier molecular flexibility index (Phi) is 4.98. The number of fused-ring (bicyclic) bond motifs is 1. The molecule has 7 heteroatoms. The highest BCUT2D eigenvalue weighted by Gasteiger charge is 2.31. The first kappa shape index (κ1) is 18.7. The molecule has 2 amide bonds. The lowest BCUT2D eigenvalue weighted by Gasteiger charge is -2.19. The van der Waals surface area contributed by atoms with Crippen molar-refractivity contribution in [3.63, 3.8) is 0 Å². The number of carbonyl (C=O) groups is 1. The molecule has 1 aromatic carbocycles. The van der Waals surface area contributed by atoms with E-state index in [-0.39, 0.29) is 18.0 Å². The zero-order valence-corrected chi connectivity index (χ0v) is 17.1. The third-order valence-electron chi connectivity index (χ3n) is 5.31. The van der Waals surface area contributed by atoms with Gasteiger partial charge in [-0.2, -0.15) is 0 Å². The molecule has 6 nitrogen and oxygen atoms in total. The number of hydrogen-bond donors (Lipinski definition) is 1. The molecule has 28 heavy (non-hydrogen) atoms. The molecule has 3 aromatic rings. The van der Waals surface area contributed by atoms with Crippen molar-refractivity contribution >= 4 is 34.4 Å². The lowest BCUT2D eigenvalue weighted by Crippen LogP contribution is -2.33. The standard InChI is InChI=1S/C21H24ClN5O/c1-13(2)27-19-11-23-8-6-18(19)24-20(27)15-7-9-26(12-15)21(28)25-17-5-4-16(22)10-14(17)3/h4-6,8,10-11,13,15H,7,9,12H2,1-3H3,(H,25,28)/t15-/m0/s1. The first-order valence-corrected chi connectivity index (χ1v) is 9.95. The fourth-order valence-electron chi connectivity index (χ4n) is 3.91. The summed E-state index contributed by atoms with van der Waals surface area (Å²) in [6.07, 6.45) is 4.54. The highest BCUT2D eigenvalue weighted by molar-refractivity contribution is 6.30. The molecule has 0 unspecified atom stereocenters. The molecule has 1 saturated heterocycles. The van der Waals surface area contributed by atoms with Gasteiger partial charge in [0.1, 0.15) is 5.82 Å². The second-order valence-corrected chi connectivity index (χ2v) is 8.06. The van der Waals surface area contributed by atoms with Gasteiger partial charge in [-0.05, 0) is 57.0 Å². The number of nitrogens with zero attached hydrogens (tertiary/aromatic N) is 4. The molecule has 1 aliphatic rings. The molecule has 3 heterocycles. The van der Waals surface area contributed by atoms with Crippen LogP contribution in [0.5, 0.6) is 0 Å². The van der Waals surface area contributed by atoms with Crippen LogP contribution in [-0.2, 0) is 0 Å². The fourth-order valence-corrected chi connectivity index (χ4v) is 4.13. The van der Waals surface area contributed by atoms with Gasteiger partial charge in [0.15, 0.2) is 0 Å². The average molecular weight is 398 g/mol. The van der Waals surface area contributed by atoms with Crippen LogP contribution in [0.2, 0.25) is 5.02 Å². The number of anilines is 1. The minimum absolute atomic E-state index is 0.0817. The van der Waals surface area contributed by atoms with E-state index in [1.807, 2.05) is 36.2 Å². The largest absolute Gasteiger partial charge is 0.324 e. The van der Waals surface area contributed by atoms with E-state index in [1.54, 1.807) is 12.3 Å². The Balaban J connectivity index is 1.53. The van der Waals surface area contributed by atoms with Gasteiger partial charge in [-0.15, -0.1) is 0 Å². The fraction of sp³-hybridized carbons (Fsp3) is 0.381. The summed E-state index contributed by atoms with van der Waals surface area (Å²) in [6, 6.07) is 7.62. The molecule has 2 aromatic heterocycles. The lowest BCUT2D eigenvalue weighted by molar-refractivity contribution is 0.222. The van der Waals surface area contributed by atoms with Crippen LogP contribution in [0, 0.1) is 6.92 Å². The number of urea groups is 1. The number of amides is 2. The van der Waals surface area contributed by atoms with Crippen LogP contribution < -0.4 is 5.32 Å². The van der Waals surface area contributed by atoms with Gasteiger partial charge < -0.3 is 14.8 Å². The number of hydrogen-bond acceptors (Lipinski definition) is 3. The summed E-state index contributed by atoms with van der Waals surface area (Å²) in [7, 11) is 0. The summed E-state index contributed by atoms with van der Waals surface area (Å²) in [5.41, 5.74) is 3.75. The van der Waals surface area contributed by atoms with Crippen LogP contribution in [0.15, 0.2) is 36.7 Å². The number of carbonyl (C=O) groups excluding carboxylic acids is 1. The maximum Gasteiger partial charge on any atom is 0.321 e. The van der Waals surface area contributed by atoms with E-state index in [4.69, 9.17) is 16.6 Å². The quantitative estimate of drug-likeness (QED) is 0.676. The Morgan fingerprint density at radius 1 is 1.32 bits per heavy atom. The van der Waals surface area contributed by atoms with Crippen molar-refractivity contribution in [3.8, 4) is 0 Å². The van der Waals surface area contributed by atoms with Crippen LogP contribution in [0.1, 0.15) is 43.6 Å². The highest BCUT2D eigenvalue weighted by Crippen LogP contribution is 2.32. The molecule has 0 aliphatic carbocycles. The zero-order chi connectivity index (χ0) is 19.8. The molecule has 1 aliphatic heterocycles. The molecule has 0 saturated carbocycles. The summed E-state index contributed by atoms with van der Waals surface area (Å²) in [4.78, 5) is 23.7. The molecule has 0 spiro atoms. The summed E-state index contributed by atoms with van der Waals surface area (Å²) in [5, 5.41) is 3.67. The molecule has 146 valence electrons. The smallest absolute Gasteiger partial charge is 0.321 e. The predicted octanol–water partition coefficient (Wildman–Crippen LogP) is 5.00. The Bertz CT molecular complexity index is 1030. The number of likely N-dealkylation sites (tertiary alicyclic amines) is 1. The number of nitrogens with one attached hydrogen (secondary N) is 1. The minimum Gasteiger partial charge on any atom is -0.324 e. The molecule has 4 rings (SSSR count). The number of halogens is 1. The van der Waals surface area contributed by atoms with E-state index < -0.39 is 0 Å².